The van der Waals surface area contributed by atoms with Gasteiger partial charge in [-0.3, -0.25) is 4.79 Å². The van der Waals surface area contributed by atoms with Gasteiger partial charge in [0.05, 0.1) is 17.8 Å². The fourth-order valence-corrected chi connectivity index (χ4v) is 3.80. The molecule has 0 fully saturated rings. The number of nitrogens with zero attached hydrogens (tertiary/aromatic N) is 2. The van der Waals surface area contributed by atoms with Crippen molar-refractivity contribution in [2.45, 2.75) is 33.2 Å². The number of hydrogen-bond acceptors (Lipinski definition) is 3. The summed E-state index contributed by atoms with van der Waals surface area (Å²) < 4.78 is 0. The number of anilines is 1. The summed E-state index contributed by atoms with van der Waals surface area (Å²) in [5.41, 5.74) is 4.98. The molecule has 6 nitrogen and oxygen atoms in total. The molecule has 2 N–H and O–H groups in total. The minimum absolute atomic E-state index is 0.182. The van der Waals surface area contributed by atoms with Gasteiger partial charge in [-0.1, -0.05) is 47.5 Å². The van der Waals surface area contributed by atoms with Gasteiger partial charge in [-0.05, 0) is 37.1 Å². The third kappa shape index (κ3) is 4.39. The third-order valence-electron chi connectivity index (χ3n) is 5.28. The summed E-state index contributed by atoms with van der Waals surface area (Å²) in [6.07, 6.45) is 1.12. The zero-order valence-corrected chi connectivity index (χ0v) is 17.7. The second-order valence-electron chi connectivity index (χ2n) is 7.67. The number of amides is 2. The minimum Gasteiger partial charge on any atom is -0.320 e. The molecule has 30 heavy (non-hydrogen) atoms. The quantitative estimate of drug-likeness (QED) is 0.663. The summed E-state index contributed by atoms with van der Waals surface area (Å²) in [5.74, 6) is 0.650. The molecule has 0 atom stereocenters. The lowest BCUT2D eigenvalue weighted by atomic mass is 10.1. The number of carbonyl (C=O) groups excluding carboxylic acids is 1. The standard InChI is InChI=1S/C23H23ClN4O2/c1-14-4-3-5-16(10-14)11-21-26-20-8-9-28(13-18(20)22(29)27-21)23(30)25-17-7-6-15(2)19(24)12-17/h3-7,10,12H,8-9,11,13H2,1-2H3,(H,25,30)(H,26,27,29). The van der Waals surface area contributed by atoms with Gasteiger partial charge in [-0.15, -0.1) is 0 Å². The number of hydrogen-bond donors (Lipinski definition) is 2. The first kappa shape index (κ1) is 20.2. The molecule has 154 valence electrons. The number of fused-ring (bicyclic) bond motifs is 1. The number of carbonyl (C=O) groups is 1. The van der Waals surface area contributed by atoms with E-state index in [-0.39, 0.29) is 18.1 Å². The maximum atomic E-state index is 12.7. The summed E-state index contributed by atoms with van der Waals surface area (Å²) >= 11 is 6.13. The van der Waals surface area contributed by atoms with Crippen LogP contribution in [0.4, 0.5) is 10.5 Å². The number of H-pyrrole nitrogens is 1. The second-order valence-corrected chi connectivity index (χ2v) is 8.08. The van der Waals surface area contributed by atoms with Crippen LogP contribution in [0.1, 0.15) is 33.8 Å². The van der Waals surface area contributed by atoms with Crippen LogP contribution in [0, 0.1) is 13.8 Å². The number of rotatable bonds is 3. The van der Waals surface area contributed by atoms with E-state index in [0.717, 1.165) is 16.8 Å². The molecular weight excluding hydrogens is 400 g/mol. The first-order valence-corrected chi connectivity index (χ1v) is 10.3. The maximum absolute atomic E-state index is 12.7. The van der Waals surface area contributed by atoms with Crippen molar-refractivity contribution in [3.8, 4) is 0 Å². The molecule has 2 heterocycles. The fourth-order valence-electron chi connectivity index (χ4n) is 3.62. The summed E-state index contributed by atoms with van der Waals surface area (Å²) in [7, 11) is 0. The predicted molar refractivity (Wildman–Crippen MR) is 118 cm³/mol. The van der Waals surface area contributed by atoms with Crippen molar-refractivity contribution in [1.29, 1.82) is 0 Å². The zero-order valence-electron chi connectivity index (χ0n) is 17.0. The molecule has 0 unspecified atom stereocenters. The molecule has 1 aromatic heterocycles. The van der Waals surface area contributed by atoms with Crippen LogP contribution in [0.2, 0.25) is 5.02 Å². The molecule has 1 aliphatic rings. The monoisotopic (exact) mass is 422 g/mol. The van der Waals surface area contributed by atoms with E-state index in [1.807, 2.05) is 44.2 Å². The first-order valence-electron chi connectivity index (χ1n) is 9.87. The molecule has 7 heteroatoms. The molecule has 0 spiro atoms. The molecule has 2 aromatic carbocycles. The van der Waals surface area contributed by atoms with E-state index in [0.29, 0.717) is 41.5 Å². The molecule has 3 aromatic rings. The Morgan fingerprint density at radius 1 is 1.23 bits per heavy atom. The summed E-state index contributed by atoms with van der Waals surface area (Å²) in [6.45, 7) is 4.67. The minimum atomic E-state index is -0.260. The van der Waals surface area contributed by atoms with E-state index in [9.17, 15) is 9.59 Å². The van der Waals surface area contributed by atoms with Crippen LogP contribution in [0.25, 0.3) is 0 Å². The van der Waals surface area contributed by atoms with Gasteiger partial charge >= 0.3 is 6.03 Å². The number of halogens is 1. The van der Waals surface area contributed by atoms with Gasteiger partial charge in [0.15, 0.2) is 0 Å². The second kappa shape index (κ2) is 8.32. The lowest BCUT2D eigenvalue weighted by molar-refractivity contribution is 0.205. The van der Waals surface area contributed by atoms with E-state index in [4.69, 9.17) is 11.6 Å². The Morgan fingerprint density at radius 2 is 2.07 bits per heavy atom. The lowest BCUT2D eigenvalue weighted by Crippen LogP contribution is -2.42. The Labute approximate surface area is 179 Å². The number of aryl methyl sites for hydroxylation is 2. The summed E-state index contributed by atoms with van der Waals surface area (Å²) in [6, 6.07) is 13.3. The maximum Gasteiger partial charge on any atom is 0.322 e. The highest BCUT2D eigenvalue weighted by Gasteiger charge is 2.24. The topological polar surface area (TPSA) is 78.1 Å². The summed E-state index contributed by atoms with van der Waals surface area (Å²) in [5, 5.41) is 3.45. The van der Waals surface area contributed by atoms with Gasteiger partial charge in [0.25, 0.3) is 5.56 Å². The van der Waals surface area contributed by atoms with Gasteiger partial charge in [0.2, 0.25) is 0 Å². The molecule has 1 aliphatic heterocycles. The Kier molecular flexibility index (Phi) is 5.59. The number of urea groups is 1. The van der Waals surface area contributed by atoms with Crippen molar-refractivity contribution in [3.05, 3.63) is 91.6 Å². The number of aromatic amines is 1. The van der Waals surface area contributed by atoms with E-state index < -0.39 is 0 Å². The third-order valence-corrected chi connectivity index (χ3v) is 5.69. The van der Waals surface area contributed by atoms with Crippen LogP contribution in [0.5, 0.6) is 0 Å². The van der Waals surface area contributed by atoms with Gasteiger partial charge in [0.1, 0.15) is 5.82 Å². The first-order chi connectivity index (χ1) is 14.4. The van der Waals surface area contributed by atoms with E-state index in [1.54, 1.807) is 11.0 Å². The van der Waals surface area contributed by atoms with E-state index in [1.165, 1.54) is 5.56 Å². The number of nitrogens with one attached hydrogen (secondary N) is 2. The van der Waals surface area contributed by atoms with Crippen molar-refractivity contribution in [3.63, 3.8) is 0 Å². The molecule has 0 radical (unpaired) electrons. The van der Waals surface area contributed by atoms with Gasteiger partial charge < -0.3 is 15.2 Å². The van der Waals surface area contributed by atoms with Crippen molar-refractivity contribution < 1.29 is 4.79 Å². The molecule has 0 saturated heterocycles. The zero-order chi connectivity index (χ0) is 21.3. The Bertz CT molecular complexity index is 1170. The Morgan fingerprint density at radius 3 is 2.83 bits per heavy atom. The molecule has 0 bridgehead atoms. The normalized spacial score (nSPS) is 13.1. The van der Waals surface area contributed by atoms with E-state index >= 15 is 0 Å². The molecule has 0 aliphatic carbocycles. The average Bonchev–Trinajstić information content (AvgIpc) is 2.70. The highest BCUT2D eigenvalue weighted by atomic mass is 35.5. The van der Waals surface area contributed by atoms with Crippen molar-refractivity contribution >= 4 is 23.3 Å². The lowest BCUT2D eigenvalue weighted by Gasteiger charge is -2.28. The molecule has 0 saturated carbocycles. The number of benzene rings is 2. The number of aromatic nitrogens is 2. The summed E-state index contributed by atoms with van der Waals surface area (Å²) in [4.78, 5) is 34.5. The van der Waals surface area contributed by atoms with Gasteiger partial charge in [-0.25, -0.2) is 9.78 Å². The van der Waals surface area contributed by atoms with Crippen molar-refractivity contribution in [2.75, 3.05) is 11.9 Å². The van der Waals surface area contributed by atoms with Gasteiger partial charge in [0, 0.05) is 30.1 Å². The average molecular weight is 423 g/mol. The smallest absolute Gasteiger partial charge is 0.320 e. The highest BCUT2D eigenvalue weighted by molar-refractivity contribution is 6.31. The Balaban J connectivity index is 1.49. The van der Waals surface area contributed by atoms with Crippen LogP contribution in [0.3, 0.4) is 0 Å². The van der Waals surface area contributed by atoms with Crippen LogP contribution in [-0.2, 0) is 19.4 Å². The predicted octanol–water partition coefficient (Wildman–Crippen LogP) is 4.22. The van der Waals surface area contributed by atoms with E-state index in [2.05, 4.69) is 21.4 Å². The fraction of sp³-hybridized carbons (Fsp3) is 0.261. The molecule has 2 amide bonds. The largest absolute Gasteiger partial charge is 0.322 e. The van der Waals surface area contributed by atoms with Crippen LogP contribution in [0.15, 0.2) is 47.3 Å². The molecular formula is C23H23ClN4O2. The van der Waals surface area contributed by atoms with Crippen LogP contribution < -0.4 is 10.9 Å². The highest BCUT2D eigenvalue weighted by Crippen LogP contribution is 2.21. The van der Waals surface area contributed by atoms with Crippen LogP contribution in [-0.4, -0.2) is 27.4 Å². The Hall–Kier alpha value is -3.12. The molecule has 4 rings (SSSR count). The van der Waals surface area contributed by atoms with Gasteiger partial charge in [-0.2, -0.15) is 0 Å². The van der Waals surface area contributed by atoms with Crippen molar-refractivity contribution in [2.24, 2.45) is 0 Å². The SMILES string of the molecule is Cc1cccc(Cc2nc3c(c(=O)[nH]2)CN(C(=O)Nc2ccc(C)c(Cl)c2)CC3)c1. The van der Waals surface area contributed by atoms with Crippen molar-refractivity contribution in [1.82, 2.24) is 14.9 Å². The van der Waals surface area contributed by atoms with Crippen LogP contribution >= 0.6 is 11.6 Å².